The number of ether oxygens (including phenoxy) is 1. The fraction of sp³-hybridized carbons (Fsp3) is 0.923. The van der Waals surface area contributed by atoms with Crippen LogP contribution >= 0.6 is 0 Å². The van der Waals surface area contributed by atoms with Gasteiger partial charge in [-0.3, -0.25) is 0 Å². The molecule has 0 aromatic heterocycles. The molecule has 0 saturated carbocycles. The topological polar surface area (TPSA) is 75.7 Å². The van der Waals surface area contributed by atoms with Crippen LogP contribution in [0.25, 0.3) is 0 Å². The van der Waals surface area contributed by atoms with Gasteiger partial charge >= 0.3 is 6.09 Å². The number of nitrogens with zero attached hydrogens (tertiary/aromatic N) is 1. The Morgan fingerprint density at radius 2 is 2.05 bits per heavy atom. The Morgan fingerprint density at radius 3 is 2.50 bits per heavy atom. The molecule has 1 saturated heterocycles. The van der Waals surface area contributed by atoms with E-state index in [1.807, 2.05) is 27.7 Å². The molecule has 1 atom stereocenters. The van der Waals surface area contributed by atoms with Gasteiger partial charge in [-0.1, -0.05) is 0 Å². The van der Waals surface area contributed by atoms with Crippen molar-refractivity contribution in [3.8, 4) is 0 Å². The third-order valence-electron chi connectivity index (χ3n) is 3.08. The summed E-state index contributed by atoms with van der Waals surface area (Å²) in [5.41, 5.74) is -0.503. The van der Waals surface area contributed by atoms with Gasteiger partial charge < -0.3 is 15.0 Å². The van der Waals surface area contributed by atoms with E-state index in [2.05, 4.69) is 5.32 Å². The number of likely N-dealkylation sites (N-methyl/N-ethyl adjacent to an activating group) is 1. The predicted molar refractivity (Wildman–Crippen MR) is 78.5 cm³/mol. The van der Waals surface area contributed by atoms with Crippen molar-refractivity contribution in [2.24, 2.45) is 0 Å². The van der Waals surface area contributed by atoms with Crippen molar-refractivity contribution in [1.82, 2.24) is 10.2 Å². The number of hydrogen-bond acceptors (Lipinski definition) is 5. The highest BCUT2D eigenvalue weighted by Gasteiger charge is 2.27. The lowest BCUT2D eigenvalue weighted by Crippen LogP contribution is -2.42. The summed E-state index contributed by atoms with van der Waals surface area (Å²) in [6.07, 6.45) is 0.321. The molecule has 0 radical (unpaired) electrons. The minimum atomic E-state index is -2.86. The highest BCUT2D eigenvalue weighted by molar-refractivity contribution is 7.91. The molecular weight excluding hydrogens is 280 g/mol. The van der Waals surface area contributed by atoms with Gasteiger partial charge in [-0.25, -0.2) is 13.2 Å². The fourth-order valence-electron chi connectivity index (χ4n) is 2.06. The van der Waals surface area contributed by atoms with Crippen LogP contribution in [0.1, 0.15) is 34.1 Å². The van der Waals surface area contributed by atoms with Crippen molar-refractivity contribution in [3.05, 3.63) is 0 Å². The Bertz CT molecular complexity index is 428. The highest BCUT2D eigenvalue weighted by atomic mass is 32.2. The number of hydrogen-bond donors (Lipinski definition) is 1. The third kappa shape index (κ3) is 6.09. The molecule has 118 valence electrons. The van der Waals surface area contributed by atoms with Crippen molar-refractivity contribution >= 4 is 15.9 Å². The molecule has 1 rings (SSSR count). The maximum absolute atomic E-state index is 11.9. The lowest BCUT2D eigenvalue weighted by Gasteiger charge is -2.27. The number of amides is 1. The molecule has 1 N–H and O–H groups in total. The Kier molecular flexibility index (Phi) is 5.82. The maximum Gasteiger partial charge on any atom is 0.410 e. The van der Waals surface area contributed by atoms with Gasteiger partial charge in [-0.15, -0.1) is 0 Å². The van der Waals surface area contributed by atoms with Gasteiger partial charge in [0.05, 0.1) is 11.5 Å². The largest absolute Gasteiger partial charge is 0.444 e. The van der Waals surface area contributed by atoms with Crippen molar-refractivity contribution in [1.29, 1.82) is 0 Å². The second kappa shape index (κ2) is 6.76. The molecule has 1 aliphatic heterocycles. The van der Waals surface area contributed by atoms with E-state index < -0.39 is 15.4 Å². The van der Waals surface area contributed by atoms with Crippen molar-refractivity contribution in [2.75, 3.05) is 31.1 Å². The van der Waals surface area contributed by atoms with Crippen LogP contribution in [-0.2, 0) is 14.6 Å². The number of nitrogens with one attached hydrogen (secondary N) is 1. The van der Waals surface area contributed by atoms with E-state index in [1.54, 1.807) is 4.90 Å². The normalized spacial score (nSPS) is 21.7. The molecule has 0 spiro atoms. The van der Waals surface area contributed by atoms with Crippen molar-refractivity contribution < 1.29 is 17.9 Å². The van der Waals surface area contributed by atoms with E-state index in [-0.39, 0.29) is 23.6 Å². The third-order valence-corrected chi connectivity index (χ3v) is 4.85. The molecule has 1 aliphatic rings. The molecule has 1 unspecified atom stereocenters. The Morgan fingerprint density at radius 1 is 1.40 bits per heavy atom. The summed E-state index contributed by atoms with van der Waals surface area (Å²) in [7, 11) is -2.86. The first-order chi connectivity index (χ1) is 9.13. The first-order valence-corrected chi connectivity index (χ1v) is 8.87. The van der Waals surface area contributed by atoms with E-state index in [9.17, 15) is 13.2 Å². The molecule has 0 aromatic carbocycles. The van der Waals surface area contributed by atoms with E-state index in [0.717, 1.165) is 0 Å². The minimum absolute atomic E-state index is 0.0114. The number of carbonyl (C=O) groups is 1. The second-order valence-electron chi connectivity index (χ2n) is 6.11. The zero-order chi connectivity index (χ0) is 15.4. The number of sulfone groups is 1. The summed E-state index contributed by atoms with van der Waals surface area (Å²) in [6, 6.07) is 0.0114. The van der Waals surface area contributed by atoms with Gasteiger partial charge in [0.25, 0.3) is 0 Å². The average Bonchev–Trinajstić information content (AvgIpc) is 2.62. The Balaban J connectivity index is 2.33. The number of carbonyl (C=O) groups excluding carboxylic acids is 1. The van der Waals surface area contributed by atoms with Gasteiger partial charge in [-0.05, 0) is 34.1 Å². The van der Waals surface area contributed by atoms with Gasteiger partial charge in [0.2, 0.25) is 0 Å². The quantitative estimate of drug-likeness (QED) is 0.821. The predicted octanol–water partition coefficient (Wildman–Crippen LogP) is 1.02. The first-order valence-electron chi connectivity index (χ1n) is 7.04. The first kappa shape index (κ1) is 17.2. The van der Waals surface area contributed by atoms with Crippen LogP contribution in [0, 0.1) is 0 Å². The van der Waals surface area contributed by atoms with E-state index in [0.29, 0.717) is 26.1 Å². The standard InChI is InChI=1S/C13H26N2O4S/c1-5-15(12(16)19-13(2,3)4)8-7-14-11-6-9-20(17,18)10-11/h11,14H,5-10H2,1-4H3. The van der Waals surface area contributed by atoms with E-state index in [4.69, 9.17) is 4.74 Å². The van der Waals surface area contributed by atoms with Crippen LogP contribution in [0.15, 0.2) is 0 Å². The van der Waals surface area contributed by atoms with Crippen LogP contribution in [0.5, 0.6) is 0 Å². The molecule has 6 nitrogen and oxygen atoms in total. The fourth-order valence-corrected chi connectivity index (χ4v) is 3.77. The minimum Gasteiger partial charge on any atom is -0.444 e. The van der Waals surface area contributed by atoms with Crippen LogP contribution in [0.2, 0.25) is 0 Å². The number of rotatable bonds is 5. The van der Waals surface area contributed by atoms with Crippen molar-refractivity contribution in [3.63, 3.8) is 0 Å². The van der Waals surface area contributed by atoms with Crippen LogP contribution in [0.4, 0.5) is 4.79 Å². The summed E-state index contributed by atoms with van der Waals surface area (Å²) in [5, 5.41) is 3.19. The summed E-state index contributed by atoms with van der Waals surface area (Å²) in [6.45, 7) is 9.06. The van der Waals surface area contributed by atoms with Gasteiger partial charge in [0.15, 0.2) is 9.84 Å². The van der Waals surface area contributed by atoms with Crippen LogP contribution in [-0.4, -0.2) is 62.2 Å². The summed E-state index contributed by atoms with van der Waals surface area (Å²) < 4.78 is 28.0. The summed E-state index contributed by atoms with van der Waals surface area (Å²) in [4.78, 5) is 13.5. The van der Waals surface area contributed by atoms with Gasteiger partial charge in [0, 0.05) is 25.7 Å². The van der Waals surface area contributed by atoms with Crippen LogP contribution in [0.3, 0.4) is 0 Å². The maximum atomic E-state index is 11.9. The molecule has 0 aliphatic carbocycles. The zero-order valence-corrected chi connectivity index (χ0v) is 13.6. The average molecular weight is 306 g/mol. The molecule has 1 amide bonds. The van der Waals surface area contributed by atoms with Crippen molar-refractivity contribution in [2.45, 2.75) is 45.8 Å². The molecule has 1 heterocycles. The Hall–Kier alpha value is -0.820. The van der Waals surface area contributed by atoms with Gasteiger partial charge in [-0.2, -0.15) is 0 Å². The van der Waals surface area contributed by atoms with Crippen LogP contribution < -0.4 is 5.32 Å². The monoisotopic (exact) mass is 306 g/mol. The van der Waals surface area contributed by atoms with E-state index >= 15 is 0 Å². The lowest BCUT2D eigenvalue weighted by molar-refractivity contribution is 0.0261. The molecular formula is C13H26N2O4S. The second-order valence-corrected chi connectivity index (χ2v) is 8.34. The molecule has 7 heteroatoms. The Labute approximate surface area is 121 Å². The highest BCUT2D eigenvalue weighted by Crippen LogP contribution is 2.11. The summed E-state index contributed by atoms with van der Waals surface area (Å²) in [5.74, 6) is 0.458. The zero-order valence-electron chi connectivity index (χ0n) is 12.8. The van der Waals surface area contributed by atoms with Gasteiger partial charge in [0.1, 0.15) is 5.60 Å². The molecule has 0 aromatic rings. The lowest BCUT2D eigenvalue weighted by atomic mass is 10.2. The smallest absolute Gasteiger partial charge is 0.410 e. The van der Waals surface area contributed by atoms with E-state index in [1.165, 1.54) is 0 Å². The summed E-state index contributed by atoms with van der Waals surface area (Å²) >= 11 is 0. The SMILES string of the molecule is CCN(CCNC1CCS(=O)(=O)C1)C(=O)OC(C)(C)C. The molecule has 20 heavy (non-hydrogen) atoms. The molecule has 0 bridgehead atoms. The molecule has 1 fully saturated rings.